The Bertz CT molecular complexity index is 421. The standard InChI is InChI=1S/C15H24N4O2/c20-11-10-19(13-6-2-1-3-7-13)12-15(21)18-17-14-8-4-5-9-16-14/h4-5,8-9,13,20H,1-3,6-7,10-12H2,(H,16,17)(H,18,21). The highest BCUT2D eigenvalue weighted by molar-refractivity contribution is 5.79. The largest absolute Gasteiger partial charge is 0.395 e. The van der Waals surface area contributed by atoms with Gasteiger partial charge >= 0.3 is 0 Å². The molecule has 0 saturated heterocycles. The second-order valence-electron chi connectivity index (χ2n) is 5.37. The van der Waals surface area contributed by atoms with Crippen molar-refractivity contribution in [1.29, 1.82) is 0 Å². The number of nitrogens with zero attached hydrogens (tertiary/aromatic N) is 2. The molecule has 1 saturated carbocycles. The van der Waals surface area contributed by atoms with Crippen molar-refractivity contribution in [2.45, 2.75) is 38.1 Å². The molecule has 0 atom stereocenters. The Morgan fingerprint density at radius 3 is 2.81 bits per heavy atom. The molecule has 1 fully saturated rings. The van der Waals surface area contributed by atoms with Crippen LogP contribution in [0.5, 0.6) is 0 Å². The molecule has 0 aliphatic heterocycles. The number of amides is 1. The summed E-state index contributed by atoms with van der Waals surface area (Å²) in [7, 11) is 0. The number of rotatable bonds is 7. The molecule has 1 heterocycles. The number of aliphatic hydroxyl groups excluding tert-OH is 1. The topological polar surface area (TPSA) is 77.5 Å². The number of aliphatic hydroxyl groups is 1. The Kier molecular flexibility index (Phi) is 6.43. The average Bonchev–Trinajstić information content (AvgIpc) is 2.54. The van der Waals surface area contributed by atoms with Crippen LogP contribution < -0.4 is 10.9 Å². The van der Waals surface area contributed by atoms with E-state index in [-0.39, 0.29) is 12.5 Å². The van der Waals surface area contributed by atoms with Gasteiger partial charge in [-0.05, 0) is 25.0 Å². The first-order valence-electron chi connectivity index (χ1n) is 7.60. The number of carbonyl (C=O) groups is 1. The third-order valence-corrected chi connectivity index (χ3v) is 3.82. The van der Waals surface area contributed by atoms with Crippen LogP contribution in [0.2, 0.25) is 0 Å². The molecule has 1 amide bonds. The summed E-state index contributed by atoms with van der Waals surface area (Å²) in [5, 5.41) is 9.19. The first kappa shape index (κ1) is 15.7. The fourth-order valence-corrected chi connectivity index (χ4v) is 2.76. The van der Waals surface area contributed by atoms with Gasteiger partial charge in [-0.1, -0.05) is 25.3 Å². The minimum Gasteiger partial charge on any atom is -0.395 e. The highest BCUT2D eigenvalue weighted by atomic mass is 16.3. The van der Waals surface area contributed by atoms with Crippen molar-refractivity contribution in [2.24, 2.45) is 0 Å². The first-order chi connectivity index (χ1) is 10.3. The Balaban J connectivity index is 1.80. The molecule has 0 unspecified atom stereocenters. The SMILES string of the molecule is O=C(CN(CCO)C1CCCCC1)NNc1ccccn1. The van der Waals surface area contributed by atoms with Crippen molar-refractivity contribution in [3.05, 3.63) is 24.4 Å². The van der Waals surface area contributed by atoms with E-state index in [1.54, 1.807) is 12.3 Å². The zero-order valence-corrected chi connectivity index (χ0v) is 12.3. The Labute approximate surface area is 125 Å². The number of nitrogens with one attached hydrogen (secondary N) is 2. The van der Waals surface area contributed by atoms with Gasteiger partial charge in [0.05, 0.1) is 13.2 Å². The van der Waals surface area contributed by atoms with Gasteiger partial charge in [-0.15, -0.1) is 0 Å². The summed E-state index contributed by atoms with van der Waals surface area (Å²) >= 11 is 0. The lowest BCUT2D eigenvalue weighted by Gasteiger charge is -2.33. The van der Waals surface area contributed by atoms with Crippen LogP contribution in [0.3, 0.4) is 0 Å². The second-order valence-corrected chi connectivity index (χ2v) is 5.37. The van der Waals surface area contributed by atoms with Crippen LogP contribution in [0.15, 0.2) is 24.4 Å². The number of anilines is 1. The van der Waals surface area contributed by atoms with Gasteiger partial charge in [0.2, 0.25) is 0 Å². The highest BCUT2D eigenvalue weighted by Crippen LogP contribution is 2.22. The predicted molar refractivity (Wildman–Crippen MR) is 81.5 cm³/mol. The van der Waals surface area contributed by atoms with Crippen molar-refractivity contribution in [1.82, 2.24) is 15.3 Å². The summed E-state index contributed by atoms with van der Waals surface area (Å²) in [6.07, 6.45) is 7.58. The van der Waals surface area contributed by atoms with Gasteiger partial charge in [-0.2, -0.15) is 0 Å². The van der Waals surface area contributed by atoms with Gasteiger partial charge < -0.3 is 5.11 Å². The number of hydrazine groups is 1. The van der Waals surface area contributed by atoms with E-state index in [0.717, 1.165) is 12.8 Å². The van der Waals surface area contributed by atoms with E-state index in [9.17, 15) is 9.90 Å². The van der Waals surface area contributed by atoms with E-state index in [2.05, 4.69) is 20.7 Å². The number of hydrogen-bond donors (Lipinski definition) is 3. The molecule has 1 aromatic heterocycles. The molecule has 6 nitrogen and oxygen atoms in total. The summed E-state index contributed by atoms with van der Waals surface area (Å²) in [6.45, 7) is 0.921. The Hall–Kier alpha value is -1.66. The van der Waals surface area contributed by atoms with Crippen molar-refractivity contribution >= 4 is 11.7 Å². The lowest BCUT2D eigenvalue weighted by Crippen LogP contribution is -2.46. The minimum atomic E-state index is -0.111. The fourth-order valence-electron chi connectivity index (χ4n) is 2.76. The molecular weight excluding hydrogens is 268 g/mol. The number of pyridine rings is 1. The van der Waals surface area contributed by atoms with E-state index >= 15 is 0 Å². The zero-order valence-electron chi connectivity index (χ0n) is 12.3. The minimum absolute atomic E-state index is 0.0808. The quantitative estimate of drug-likeness (QED) is 0.657. The monoisotopic (exact) mass is 292 g/mol. The summed E-state index contributed by atoms with van der Waals surface area (Å²) in [4.78, 5) is 18.2. The lowest BCUT2D eigenvalue weighted by atomic mass is 9.94. The normalized spacial score (nSPS) is 15.9. The second kappa shape index (κ2) is 8.59. The van der Waals surface area contributed by atoms with Crippen molar-refractivity contribution < 1.29 is 9.90 Å². The molecule has 0 spiro atoms. The fraction of sp³-hybridized carbons (Fsp3) is 0.600. The van der Waals surface area contributed by atoms with E-state index in [1.165, 1.54) is 19.3 Å². The molecule has 2 rings (SSSR count). The predicted octanol–water partition coefficient (Wildman–Crippen LogP) is 1.15. The molecule has 0 bridgehead atoms. The molecule has 116 valence electrons. The van der Waals surface area contributed by atoms with Gasteiger partial charge in [0, 0.05) is 18.8 Å². The van der Waals surface area contributed by atoms with Crippen LogP contribution in [0.1, 0.15) is 32.1 Å². The molecule has 0 radical (unpaired) electrons. The summed E-state index contributed by atoms with van der Waals surface area (Å²) in [6, 6.07) is 5.86. The summed E-state index contributed by atoms with van der Waals surface area (Å²) in [5.74, 6) is 0.497. The molecule has 1 aliphatic carbocycles. The molecule has 6 heteroatoms. The Morgan fingerprint density at radius 2 is 2.14 bits per heavy atom. The van der Waals surface area contributed by atoms with Crippen molar-refractivity contribution in [2.75, 3.05) is 25.1 Å². The zero-order chi connectivity index (χ0) is 14.9. The van der Waals surface area contributed by atoms with Crippen LogP contribution in [-0.2, 0) is 4.79 Å². The van der Waals surface area contributed by atoms with E-state index in [1.807, 2.05) is 12.1 Å². The molecule has 1 aromatic rings. The van der Waals surface area contributed by atoms with E-state index in [4.69, 9.17) is 0 Å². The lowest BCUT2D eigenvalue weighted by molar-refractivity contribution is -0.122. The maximum Gasteiger partial charge on any atom is 0.252 e. The molecule has 1 aliphatic rings. The number of hydrogen-bond acceptors (Lipinski definition) is 5. The third kappa shape index (κ3) is 5.32. The first-order valence-corrected chi connectivity index (χ1v) is 7.60. The molecule has 21 heavy (non-hydrogen) atoms. The third-order valence-electron chi connectivity index (χ3n) is 3.82. The smallest absolute Gasteiger partial charge is 0.252 e. The molecular formula is C15H24N4O2. The average molecular weight is 292 g/mol. The van der Waals surface area contributed by atoms with Crippen LogP contribution in [0, 0.1) is 0 Å². The van der Waals surface area contributed by atoms with Crippen molar-refractivity contribution in [3.63, 3.8) is 0 Å². The van der Waals surface area contributed by atoms with Crippen molar-refractivity contribution in [3.8, 4) is 0 Å². The van der Waals surface area contributed by atoms with Crippen LogP contribution >= 0.6 is 0 Å². The van der Waals surface area contributed by atoms with Gasteiger partial charge in [-0.25, -0.2) is 4.98 Å². The summed E-state index contributed by atoms with van der Waals surface area (Å²) in [5.41, 5.74) is 5.45. The van der Waals surface area contributed by atoms with Gasteiger partial charge in [0.1, 0.15) is 5.82 Å². The maximum absolute atomic E-state index is 12.0. The highest BCUT2D eigenvalue weighted by Gasteiger charge is 2.22. The number of carbonyl (C=O) groups excluding carboxylic acids is 1. The maximum atomic E-state index is 12.0. The van der Waals surface area contributed by atoms with Gasteiger partial charge in [-0.3, -0.25) is 20.5 Å². The summed E-state index contributed by atoms with van der Waals surface area (Å²) < 4.78 is 0. The Morgan fingerprint density at radius 1 is 1.33 bits per heavy atom. The van der Waals surface area contributed by atoms with Crippen LogP contribution in [0.4, 0.5) is 5.82 Å². The van der Waals surface area contributed by atoms with Gasteiger partial charge in [0.15, 0.2) is 0 Å². The van der Waals surface area contributed by atoms with Gasteiger partial charge in [0.25, 0.3) is 5.91 Å². The molecule has 3 N–H and O–H groups in total. The van der Waals surface area contributed by atoms with E-state index < -0.39 is 0 Å². The van der Waals surface area contributed by atoms with E-state index in [0.29, 0.717) is 24.9 Å². The number of aromatic nitrogens is 1. The van der Waals surface area contributed by atoms with Crippen LogP contribution in [0.25, 0.3) is 0 Å². The molecule has 0 aromatic carbocycles. The van der Waals surface area contributed by atoms with Crippen LogP contribution in [-0.4, -0.2) is 46.6 Å².